The van der Waals surface area contributed by atoms with E-state index in [0.29, 0.717) is 6.54 Å². The number of carbonyl (C=O) groups is 2. The van der Waals surface area contributed by atoms with Gasteiger partial charge in [0.05, 0.1) is 0 Å². The van der Waals surface area contributed by atoms with Gasteiger partial charge in [0, 0.05) is 37.8 Å². The third-order valence-corrected chi connectivity index (χ3v) is 6.20. The second-order valence-corrected chi connectivity index (χ2v) is 8.08. The normalized spacial score (nSPS) is 20.2. The lowest BCUT2D eigenvalue weighted by molar-refractivity contribution is -0.142. The van der Waals surface area contributed by atoms with Crippen LogP contribution in [0.1, 0.15) is 58.3 Å². The molecule has 2 amide bonds. The summed E-state index contributed by atoms with van der Waals surface area (Å²) in [4.78, 5) is 29.8. The van der Waals surface area contributed by atoms with E-state index in [-0.39, 0.29) is 23.8 Å². The molecule has 1 aliphatic carbocycles. The Hall–Kier alpha value is -2.04. The Balaban J connectivity index is 1.44. The van der Waals surface area contributed by atoms with Gasteiger partial charge in [0.2, 0.25) is 11.8 Å². The summed E-state index contributed by atoms with van der Waals surface area (Å²) in [7, 11) is 0. The highest BCUT2D eigenvalue weighted by atomic mass is 16.2. The molecule has 1 saturated heterocycles. The van der Waals surface area contributed by atoms with Crippen molar-refractivity contribution in [2.75, 3.05) is 31.1 Å². The molecule has 0 aromatic heterocycles. The van der Waals surface area contributed by atoms with Crippen LogP contribution in [0.2, 0.25) is 0 Å². The summed E-state index contributed by atoms with van der Waals surface area (Å²) in [6.07, 6.45) is 8.17. The fourth-order valence-corrected chi connectivity index (χ4v) is 4.60. The Morgan fingerprint density at radius 1 is 1.07 bits per heavy atom. The Morgan fingerprint density at radius 2 is 1.82 bits per heavy atom. The standard InChI is InChI=1S/C23H35N3O2/c1-2-25(20-13-7-4-8-14-20)17-10-16-24-22(27)21-15-9-18-26(21)23(28)19-11-5-3-6-12-19/h4,7-8,13-14,19,21H,2-3,5-6,9-12,15-18H2,1H3,(H,24,27). The first-order valence-corrected chi connectivity index (χ1v) is 11.1. The number of hydrogen-bond donors (Lipinski definition) is 1. The predicted octanol–water partition coefficient (Wildman–Crippen LogP) is 3.59. The van der Waals surface area contributed by atoms with Crippen molar-refractivity contribution in [1.29, 1.82) is 0 Å². The number of benzene rings is 1. The maximum absolute atomic E-state index is 12.9. The Morgan fingerprint density at radius 3 is 2.54 bits per heavy atom. The third-order valence-electron chi connectivity index (χ3n) is 6.20. The Kier molecular flexibility index (Phi) is 7.75. The molecule has 2 aliphatic rings. The van der Waals surface area contributed by atoms with Gasteiger partial charge in [0.15, 0.2) is 0 Å². The van der Waals surface area contributed by atoms with Gasteiger partial charge in [-0.25, -0.2) is 0 Å². The van der Waals surface area contributed by atoms with Gasteiger partial charge in [-0.15, -0.1) is 0 Å². The largest absolute Gasteiger partial charge is 0.372 e. The smallest absolute Gasteiger partial charge is 0.242 e. The Bertz CT molecular complexity index is 628. The number of nitrogens with one attached hydrogen (secondary N) is 1. The van der Waals surface area contributed by atoms with Crippen molar-refractivity contribution < 1.29 is 9.59 Å². The molecule has 3 rings (SSSR count). The zero-order valence-corrected chi connectivity index (χ0v) is 17.2. The molecule has 1 aromatic rings. The number of hydrogen-bond acceptors (Lipinski definition) is 3. The van der Waals surface area contributed by atoms with Crippen LogP contribution < -0.4 is 10.2 Å². The molecule has 0 bridgehead atoms. The van der Waals surface area contributed by atoms with Crippen LogP contribution in [0.4, 0.5) is 5.69 Å². The SMILES string of the molecule is CCN(CCCNC(=O)C1CCCN1C(=O)C1CCCCC1)c1ccccc1. The van der Waals surface area contributed by atoms with E-state index in [0.717, 1.165) is 64.6 Å². The van der Waals surface area contributed by atoms with Gasteiger partial charge < -0.3 is 15.1 Å². The van der Waals surface area contributed by atoms with E-state index >= 15 is 0 Å². The van der Waals surface area contributed by atoms with Crippen LogP contribution in [-0.4, -0.2) is 48.9 Å². The molecule has 1 saturated carbocycles. The van der Waals surface area contributed by atoms with Gasteiger partial charge in [0.25, 0.3) is 0 Å². The lowest BCUT2D eigenvalue weighted by Gasteiger charge is -2.30. The molecule has 1 atom stereocenters. The highest BCUT2D eigenvalue weighted by molar-refractivity contribution is 5.89. The van der Waals surface area contributed by atoms with Crippen LogP contribution in [0, 0.1) is 5.92 Å². The van der Waals surface area contributed by atoms with Crippen LogP contribution in [-0.2, 0) is 9.59 Å². The number of rotatable bonds is 8. The maximum Gasteiger partial charge on any atom is 0.242 e. The fourth-order valence-electron chi connectivity index (χ4n) is 4.60. The molecule has 1 aromatic carbocycles. The predicted molar refractivity (Wildman–Crippen MR) is 113 cm³/mol. The first-order valence-electron chi connectivity index (χ1n) is 11.1. The van der Waals surface area contributed by atoms with E-state index in [1.807, 2.05) is 11.0 Å². The average Bonchev–Trinajstić information content (AvgIpc) is 3.24. The molecule has 0 radical (unpaired) electrons. The van der Waals surface area contributed by atoms with Gasteiger partial charge in [-0.1, -0.05) is 37.5 Å². The zero-order chi connectivity index (χ0) is 19.8. The summed E-state index contributed by atoms with van der Waals surface area (Å²) in [5.74, 6) is 0.397. The molecule has 0 spiro atoms. The quantitative estimate of drug-likeness (QED) is 0.696. The first-order chi connectivity index (χ1) is 13.7. The molecule has 5 nitrogen and oxygen atoms in total. The summed E-state index contributed by atoms with van der Waals surface area (Å²) >= 11 is 0. The molecular weight excluding hydrogens is 350 g/mol. The van der Waals surface area contributed by atoms with Crippen molar-refractivity contribution in [3.63, 3.8) is 0 Å². The highest BCUT2D eigenvalue weighted by Gasteiger charge is 2.37. The lowest BCUT2D eigenvalue weighted by Crippen LogP contribution is -2.48. The molecule has 2 fully saturated rings. The van der Waals surface area contributed by atoms with Crippen LogP contribution >= 0.6 is 0 Å². The minimum Gasteiger partial charge on any atom is -0.372 e. The van der Waals surface area contributed by atoms with E-state index in [9.17, 15) is 9.59 Å². The minimum absolute atomic E-state index is 0.0319. The van der Waals surface area contributed by atoms with Gasteiger partial charge in [-0.3, -0.25) is 9.59 Å². The minimum atomic E-state index is -0.258. The van der Waals surface area contributed by atoms with Gasteiger partial charge in [0.1, 0.15) is 6.04 Å². The number of amides is 2. The van der Waals surface area contributed by atoms with E-state index in [4.69, 9.17) is 0 Å². The lowest BCUT2D eigenvalue weighted by atomic mass is 9.88. The second-order valence-electron chi connectivity index (χ2n) is 8.08. The molecule has 1 unspecified atom stereocenters. The van der Waals surface area contributed by atoms with Crippen LogP contribution in [0.15, 0.2) is 30.3 Å². The second kappa shape index (κ2) is 10.5. The summed E-state index contributed by atoms with van der Waals surface area (Å²) in [6.45, 7) is 5.41. The summed E-state index contributed by atoms with van der Waals surface area (Å²) in [5.41, 5.74) is 1.22. The highest BCUT2D eigenvalue weighted by Crippen LogP contribution is 2.28. The molecule has 154 valence electrons. The molecule has 1 heterocycles. The Labute approximate surface area is 169 Å². The number of nitrogens with zero attached hydrogens (tertiary/aromatic N) is 2. The van der Waals surface area contributed by atoms with E-state index in [2.05, 4.69) is 41.4 Å². The molecular formula is C23H35N3O2. The van der Waals surface area contributed by atoms with E-state index < -0.39 is 0 Å². The van der Waals surface area contributed by atoms with Gasteiger partial charge in [-0.05, 0) is 51.2 Å². The topological polar surface area (TPSA) is 52.7 Å². The van der Waals surface area contributed by atoms with Crippen LogP contribution in [0.3, 0.4) is 0 Å². The van der Waals surface area contributed by atoms with Crippen molar-refractivity contribution in [2.24, 2.45) is 5.92 Å². The molecule has 5 heteroatoms. The van der Waals surface area contributed by atoms with Crippen LogP contribution in [0.25, 0.3) is 0 Å². The monoisotopic (exact) mass is 385 g/mol. The van der Waals surface area contributed by atoms with E-state index in [1.54, 1.807) is 0 Å². The average molecular weight is 386 g/mol. The molecule has 1 aliphatic heterocycles. The van der Waals surface area contributed by atoms with Crippen LogP contribution in [0.5, 0.6) is 0 Å². The van der Waals surface area contributed by atoms with Crippen molar-refractivity contribution >= 4 is 17.5 Å². The van der Waals surface area contributed by atoms with Crippen molar-refractivity contribution in [2.45, 2.75) is 64.3 Å². The molecule has 28 heavy (non-hydrogen) atoms. The van der Waals surface area contributed by atoms with Crippen molar-refractivity contribution in [3.05, 3.63) is 30.3 Å². The summed E-state index contributed by atoms with van der Waals surface area (Å²) < 4.78 is 0. The molecule has 1 N–H and O–H groups in total. The van der Waals surface area contributed by atoms with E-state index in [1.165, 1.54) is 12.1 Å². The number of para-hydroxylation sites is 1. The maximum atomic E-state index is 12.9. The first kappa shape index (κ1) is 20.7. The number of anilines is 1. The fraction of sp³-hybridized carbons (Fsp3) is 0.652. The summed E-state index contributed by atoms with van der Waals surface area (Å²) in [5, 5.41) is 3.08. The van der Waals surface area contributed by atoms with Crippen molar-refractivity contribution in [3.8, 4) is 0 Å². The van der Waals surface area contributed by atoms with Gasteiger partial charge >= 0.3 is 0 Å². The summed E-state index contributed by atoms with van der Waals surface area (Å²) in [6, 6.07) is 10.1. The van der Waals surface area contributed by atoms with Crippen molar-refractivity contribution in [1.82, 2.24) is 10.2 Å². The van der Waals surface area contributed by atoms with Gasteiger partial charge in [-0.2, -0.15) is 0 Å². The third kappa shape index (κ3) is 5.27. The number of likely N-dealkylation sites (tertiary alicyclic amines) is 1. The zero-order valence-electron chi connectivity index (χ0n) is 17.2. The number of carbonyl (C=O) groups excluding carboxylic acids is 2.